The van der Waals surface area contributed by atoms with Gasteiger partial charge in [0.1, 0.15) is 11.6 Å². The summed E-state index contributed by atoms with van der Waals surface area (Å²) in [6.45, 7) is 5.07. The van der Waals surface area contributed by atoms with Crippen LogP contribution in [0.25, 0.3) is 56.0 Å². The smallest absolute Gasteiger partial charge is 0.205 e. The van der Waals surface area contributed by atoms with E-state index in [2.05, 4.69) is 92.6 Å². The van der Waals surface area contributed by atoms with Gasteiger partial charge in [-0.15, -0.1) is 10.2 Å². The largest absolute Gasteiger partial charge is 0.338 e. The molecule has 0 spiro atoms. The number of para-hydroxylation sites is 2. The third-order valence-corrected chi connectivity index (χ3v) is 7.38. The number of nitrogens with one attached hydrogen (secondary N) is 2. The van der Waals surface area contributed by atoms with Crippen molar-refractivity contribution in [2.75, 3.05) is 0 Å². The normalized spacial score (nSPS) is 11.6. The minimum atomic E-state index is 0.587. The number of aromatic amines is 2. The molecule has 7 rings (SSSR count). The molecule has 0 aliphatic carbocycles. The third-order valence-electron chi connectivity index (χ3n) is 7.38. The first-order valence-electron chi connectivity index (χ1n) is 13.5. The van der Waals surface area contributed by atoms with E-state index < -0.39 is 0 Å². The topological polar surface area (TPSA) is 101 Å². The Morgan fingerprint density at radius 3 is 2.40 bits per heavy atom. The molecule has 0 bridgehead atoms. The maximum atomic E-state index is 5.09. The molecule has 0 atom stereocenters. The molecule has 8 heteroatoms. The van der Waals surface area contributed by atoms with Crippen molar-refractivity contribution in [1.29, 1.82) is 0 Å². The second kappa shape index (κ2) is 9.89. The molecule has 4 aromatic carbocycles. The van der Waals surface area contributed by atoms with Crippen LogP contribution in [0.3, 0.4) is 0 Å². The molecular formula is C32H28N8. The molecule has 8 nitrogen and oxygen atoms in total. The summed E-state index contributed by atoms with van der Waals surface area (Å²) in [5, 5.41) is 14.6. The first kappa shape index (κ1) is 24.0. The zero-order valence-corrected chi connectivity index (χ0v) is 22.4. The van der Waals surface area contributed by atoms with Gasteiger partial charge in [0.15, 0.2) is 0 Å². The summed E-state index contributed by atoms with van der Waals surface area (Å²) in [5.74, 6) is 2.57. The van der Waals surface area contributed by atoms with E-state index in [0.29, 0.717) is 5.82 Å². The molecule has 0 saturated carbocycles. The molecule has 0 saturated heterocycles. The zero-order chi connectivity index (χ0) is 27.1. The second-order valence-electron chi connectivity index (χ2n) is 10.1. The number of imidazole rings is 2. The highest BCUT2D eigenvalue weighted by molar-refractivity contribution is 5.87. The first-order chi connectivity index (χ1) is 19.7. The first-order valence-corrected chi connectivity index (χ1v) is 13.5. The lowest BCUT2D eigenvalue weighted by Gasteiger charge is -2.12. The molecule has 196 valence electrons. The van der Waals surface area contributed by atoms with Gasteiger partial charge in [-0.2, -0.15) is 5.21 Å². The van der Waals surface area contributed by atoms with Gasteiger partial charge in [-0.05, 0) is 65.1 Å². The van der Waals surface area contributed by atoms with Crippen LogP contribution < -0.4 is 0 Å². The van der Waals surface area contributed by atoms with Crippen molar-refractivity contribution in [2.24, 2.45) is 0 Å². The molecule has 3 heterocycles. The number of rotatable bonds is 7. The van der Waals surface area contributed by atoms with E-state index in [4.69, 9.17) is 9.97 Å². The van der Waals surface area contributed by atoms with Gasteiger partial charge in [0.25, 0.3) is 0 Å². The Hall–Kier alpha value is -5.11. The molecule has 0 amide bonds. The summed E-state index contributed by atoms with van der Waals surface area (Å²) >= 11 is 0. The Bertz CT molecular complexity index is 1910. The van der Waals surface area contributed by atoms with E-state index in [1.54, 1.807) is 0 Å². The van der Waals surface area contributed by atoms with E-state index >= 15 is 0 Å². The van der Waals surface area contributed by atoms with Crippen LogP contribution in [0.5, 0.6) is 0 Å². The minimum Gasteiger partial charge on any atom is -0.338 e. The van der Waals surface area contributed by atoms with Crippen molar-refractivity contribution in [2.45, 2.75) is 33.2 Å². The second-order valence-corrected chi connectivity index (χ2v) is 10.1. The molecular weight excluding hydrogens is 496 g/mol. The predicted octanol–water partition coefficient (Wildman–Crippen LogP) is 6.74. The zero-order valence-electron chi connectivity index (χ0n) is 22.4. The number of aromatic nitrogens is 8. The van der Waals surface area contributed by atoms with Gasteiger partial charge in [-0.3, -0.25) is 0 Å². The van der Waals surface area contributed by atoms with Crippen molar-refractivity contribution >= 4 is 22.1 Å². The van der Waals surface area contributed by atoms with Crippen LogP contribution in [-0.2, 0) is 13.0 Å². The maximum Gasteiger partial charge on any atom is 0.205 e. The molecule has 0 unspecified atom stereocenters. The molecule has 3 aromatic heterocycles. The van der Waals surface area contributed by atoms with Gasteiger partial charge < -0.3 is 9.55 Å². The van der Waals surface area contributed by atoms with Crippen LogP contribution >= 0.6 is 0 Å². The van der Waals surface area contributed by atoms with Gasteiger partial charge in [-0.25, -0.2) is 9.97 Å². The summed E-state index contributed by atoms with van der Waals surface area (Å²) in [5.41, 5.74) is 10.7. The van der Waals surface area contributed by atoms with Crippen LogP contribution in [0.2, 0.25) is 0 Å². The van der Waals surface area contributed by atoms with Crippen molar-refractivity contribution in [3.05, 3.63) is 102 Å². The Morgan fingerprint density at radius 2 is 1.62 bits per heavy atom. The summed E-state index contributed by atoms with van der Waals surface area (Å²) in [6.07, 6.45) is 1.95. The molecule has 40 heavy (non-hydrogen) atoms. The molecule has 7 aromatic rings. The molecule has 0 aliphatic rings. The number of benzene rings is 4. The fourth-order valence-corrected chi connectivity index (χ4v) is 5.44. The Balaban J connectivity index is 1.27. The number of H-pyrrole nitrogens is 2. The number of nitrogens with zero attached hydrogens (tertiary/aromatic N) is 6. The SMILES string of the molecule is CCCc1nc2c(C)cc(-c3nc4ccccc4[nH]3)cc2n1Cc1ccc(-c2ccccc2-c2nn[nH]n2)cc1. The quantitative estimate of drug-likeness (QED) is 0.241. The number of hydrogen-bond acceptors (Lipinski definition) is 5. The fraction of sp³-hybridized carbons (Fsp3) is 0.156. The van der Waals surface area contributed by atoms with Crippen molar-refractivity contribution in [3.63, 3.8) is 0 Å². The van der Waals surface area contributed by atoms with Gasteiger partial charge in [0.05, 0.1) is 22.1 Å². The average molecular weight is 525 g/mol. The standard InChI is InChI=1S/C32H28N8/c1-3-8-29-35-30-20(2)17-23(31-33-26-11-6-7-12-27(26)34-31)18-28(30)40(29)19-21-13-15-22(16-14-21)24-9-4-5-10-25(24)32-36-38-39-37-32/h4-7,9-18H,3,8,19H2,1-2H3,(H,33,34)(H,36,37,38,39). The number of fused-ring (bicyclic) bond motifs is 2. The van der Waals surface area contributed by atoms with Gasteiger partial charge in [-0.1, -0.05) is 67.6 Å². The van der Waals surface area contributed by atoms with Crippen LogP contribution in [0.1, 0.15) is 30.3 Å². The molecule has 0 fully saturated rings. The molecule has 0 radical (unpaired) electrons. The summed E-state index contributed by atoms with van der Waals surface area (Å²) < 4.78 is 2.36. The number of tetrazole rings is 1. The highest BCUT2D eigenvalue weighted by Gasteiger charge is 2.16. The average Bonchev–Trinajstić information content (AvgIpc) is 3.74. The lowest BCUT2D eigenvalue weighted by atomic mass is 9.98. The van der Waals surface area contributed by atoms with Crippen molar-refractivity contribution < 1.29 is 0 Å². The summed E-state index contributed by atoms with van der Waals surface area (Å²) in [6, 6.07) is 29.4. The fourth-order valence-electron chi connectivity index (χ4n) is 5.44. The van der Waals surface area contributed by atoms with Gasteiger partial charge >= 0.3 is 0 Å². The van der Waals surface area contributed by atoms with E-state index in [1.165, 1.54) is 5.56 Å². The van der Waals surface area contributed by atoms with Crippen LogP contribution in [0, 0.1) is 6.92 Å². The number of aryl methyl sites for hydroxylation is 2. The van der Waals surface area contributed by atoms with Crippen LogP contribution in [-0.4, -0.2) is 40.1 Å². The molecule has 2 N–H and O–H groups in total. The number of hydrogen-bond donors (Lipinski definition) is 2. The monoisotopic (exact) mass is 524 g/mol. The van der Waals surface area contributed by atoms with Crippen LogP contribution in [0.15, 0.2) is 84.9 Å². The van der Waals surface area contributed by atoms with Gasteiger partial charge in [0.2, 0.25) is 5.82 Å². The van der Waals surface area contributed by atoms with Crippen molar-refractivity contribution in [3.8, 4) is 33.9 Å². The van der Waals surface area contributed by atoms with E-state index in [1.807, 2.05) is 36.4 Å². The van der Waals surface area contributed by atoms with Gasteiger partial charge in [0, 0.05) is 24.1 Å². The minimum absolute atomic E-state index is 0.587. The van der Waals surface area contributed by atoms with E-state index in [9.17, 15) is 0 Å². The van der Waals surface area contributed by atoms with E-state index in [-0.39, 0.29) is 0 Å². The predicted molar refractivity (Wildman–Crippen MR) is 158 cm³/mol. The van der Waals surface area contributed by atoms with Crippen molar-refractivity contribution in [1.82, 2.24) is 40.1 Å². The highest BCUT2D eigenvalue weighted by atomic mass is 15.5. The highest BCUT2D eigenvalue weighted by Crippen LogP contribution is 2.31. The lowest BCUT2D eigenvalue weighted by molar-refractivity contribution is 0.722. The Labute approximate surface area is 231 Å². The Morgan fingerprint density at radius 1 is 0.825 bits per heavy atom. The lowest BCUT2D eigenvalue weighted by Crippen LogP contribution is -2.05. The third kappa shape index (κ3) is 4.23. The van der Waals surface area contributed by atoms with Crippen LogP contribution in [0.4, 0.5) is 0 Å². The summed E-state index contributed by atoms with van der Waals surface area (Å²) in [4.78, 5) is 13.4. The molecule has 0 aliphatic heterocycles. The summed E-state index contributed by atoms with van der Waals surface area (Å²) in [7, 11) is 0. The Kier molecular flexibility index (Phi) is 5.92. The maximum absolute atomic E-state index is 5.09. The van der Waals surface area contributed by atoms with E-state index in [0.717, 1.165) is 80.9 Å².